The number of fused-ring (bicyclic) bond motifs is 1. The highest BCUT2D eigenvalue weighted by atomic mass is 16.7. The molecule has 5 nitrogen and oxygen atoms in total. The third kappa shape index (κ3) is 2.80. The van der Waals surface area contributed by atoms with Gasteiger partial charge < -0.3 is 14.0 Å². The zero-order valence-corrected chi connectivity index (χ0v) is 15.0. The van der Waals surface area contributed by atoms with Gasteiger partial charge in [-0.1, -0.05) is 12.1 Å². The largest absolute Gasteiger partial charge is 0.496 e. The normalized spacial score (nSPS) is 18.2. The molecule has 0 spiro atoms. The minimum atomic E-state index is -0.684. The minimum absolute atomic E-state index is 0.419. The van der Waals surface area contributed by atoms with E-state index in [0.717, 1.165) is 10.8 Å². The van der Waals surface area contributed by atoms with Gasteiger partial charge >= 0.3 is 13.1 Å². The number of carbonyl (C=O) groups is 1. The summed E-state index contributed by atoms with van der Waals surface area (Å²) in [5.41, 5.74) is 0.485. The summed E-state index contributed by atoms with van der Waals surface area (Å²) in [5, 5.41) is 11.2. The summed E-state index contributed by atoms with van der Waals surface area (Å²) >= 11 is 0. The van der Waals surface area contributed by atoms with Crippen LogP contribution >= 0.6 is 0 Å². The molecular weight excluding hydrogens is 317 g/mol. The first kappa shape index (κ1) is 17.5. The highest BCUT2D eigenvalue weighted by molar-refractivity contribution is 6.66. The van der Waals surface area contributed by atoms with E-state index < -0.39 is 24.3 Å². The summed E-state index contributed by atoms with van der Waals surface area (Å²) < 4.78 is 17.1. The first-order valence-electron chi connectivity index (χ1n) is 8.11. The maximum atomic E-state index is 11.9. The van der Waals surface area contributed by atoms with Gasteiger partial charge in [-0.15, -0.1) is 0 Å². The lowest BCUT2D eigenvalue weighted by Crippen LogP contribution is -2.41. The highest BCUT2D eigenvalue weighted by Crippen LogP contribution is 2.37. The van der Waals surface area contributed by atoms with Crippen LogP contribution in [0, 0.1) is 11.3 Å². The van der Waals surface area contributed by atoms with Crippen LogP contribution in [-0.4, -0.2) is 31.4 Å². The molecule has 0 saturated carbocycles. The molecule has 25 heavy (non-hydrogen) atoms. The summed E-state index contributed by atoms with van der Waals surface area (Å²) in [5.74, 6) is -0.427. The van der Waals surface area contributed by atoms with E-state index >= 15 is 0 Å². The zero-order valence-electron chi connectivity index (χ0n) is 15.0. The second-order valence-electron chi connectivity index (χ2n) is 7.15. The smallest absolute Gasteiger partial charge is 0.465 e. The SMILES string of the molecule is COC(=O)c1ccc2ccc(C#N)c(B3OC(C)(C)C(C)(C)O3)c2c1. The van der Waals surface area contributed by atoms with Crippen LogP contribution in [0.3, 0.4) is 0 Å². The number of hydrogen-bond acceptors (Lipinski definition) is 5. The van der Waals surface area contributed by atoms with E-state index in [1.54, 1.807) is 18.2 Å². The molecular formula is C19H20BNO4. The van der Waals surface area contributed by atoms with Gasteiger partial charge in [-0.3, -0.25) is 0 Å². The molecule has 1 saturated heterocycles. The van der Waals surface area contributed by atoms with Gasteiger partial charge in [0.15, 0.2) is 0 Å². The van der Waals surface area contributed by atoms with Crippen LogP contribution in [0.1, 0.15) is 43.6 Å². The molecule has 0 radical (unpaired) electrons. The Labute approximate surface area is 147 Å². The summed E-state index contributed by atoms with van der Waals surface area (Å²) in [6.07, 6.45) is 0. The number of hydrogen-bond donors (Lipinski definition) is 0. The number of rotatable bonds is 2. The standard InChI is InChI=1S/C19H20BNO4/c1-18(2)19(3,4)25-20(24-18)16-14(11-21)9-7-12-6-8-13(10-15(12)16)17(22)23-5/h6-10H,1-5H3. The van der Waals surface area contributed by atoms with Gasteiger partial charge in [-0.25, -0.2) is 4.79 Å². The molecule has 1 fully saturated rings. The molecule has 2 aromatic carbocycles. The van der Waals surface area contributed by atoms with Gasteiger partial charge in [0.2, 0.25) is 0 Å². The molecule has 1 heterocycles. The van der Waals surface area contributed by atoms with Crippen molar-refractivity contribution in [3.8, 4) is 6.07 Å². The van der Waals surface area contributed by atoms with Crippen molar-refractivity contribution in [2.45, 2.75) is 38.9 Å². The maximum absolute atomic E-state index is 11.9. The Balaban J connectivity index is 2.22. The van der Waals surface area contributed by atoms with Gasteiger partial charge in [-0.05, 0) is 56.7 Å². The van der Waals surface area contributed by atoms with Gasteiger partial charge in [0, 0.05) is 5.46 Å². The lowest BCUT2D eigenvalue weighted by Gasteiger charge is -2.32. The summed E-state index contributed by atoms with van der Waals surface area (Å²) in [7, 11) is 0.657. The average molecular weight is 337 g/mol. The minimum Gasteiger partial charge on any atom is -0.465 e. The summed E-state index contributed by atoms with van der Waals surface area (Å²) in [4.78, 5) is 11.9. The molecule has 0 unspecified atom stereocenters. The van der Waals surface area contributed by atoms with Crippen molar-refractivity contribution in [1.29, 1.82) is 5.26 Å². The number of carbonyl (C=O) groups excluding carboxylic acids is 1. The summed E-state index contributed by atoms with van der Waals surface area (Å²) in [6, 6.07) is 11.1. The van der Waals surface area contributed by atoms with Crippen molar-refractivity contribution in [3.63, 3.8) is 0 Å². The Morgan fingerprint density at radius 3 is 2.28 bits per heavy atom. The number of ether oxygens (including phenoxy) is 1. The average Bonchev–Trinajstić information content (AvgIpc) is 2.79. The lowest BCUT2D eigenvalue weighted by atomic mass is 9.73. The van der Waals surface area contributed by atoms with E-state index in [9.17, 15) is 10.1 Å². The Kier molecular flexibility index (Phi) is 4.10. The number of nitrogens with zero attached hydrogens (tertiary/aromatic N) is 1. The molecule has 0 N–H and O–H groups in total. The predicted molar refractivity (Wildman–Crippen MR) is 95.7 cm³/mol. The maximum Gasteiger partial charge on any atom is 0.496 e. The topological polar surface area (TPSA) is 68.6 Å². The molecule has 128 valence electrons. The fourth-order valence-electron chi connectivity index (χ4n) is 2.90. The number of esters is 1. The second-order valence-corrected chi connectivity index (χ2v) is 7.15. The fraction of sp³-hybridized carbons (Fsp3) is 0.368. The van der Waals surface area contributed by atoms with Crippen molar-refractivity contribution < 1.29 is 18.8 Å². The molecule has 0 aliphatic carbocycles. The first-order chi connectivity index (χ1) is 11.7. The van der Waals surface area contributed by atoms with E-state index in [1.807, 2.05) is 39.8 Å². The van der Waals surface area contributed by atoms with Crippen molar-refractivity contribution in [3.05, 3.63) is 41.5 Å². The quantitative estimate of drug-likeness (QED) is 0.623. The van der Waals surface area contributed by atoms with Crippen molar-refractivity contribution in [2.24, 2.45) is 0 Å². The van der Waals surface area contributed by atoms with E-state index in [-0.39, 0.29) is 0 Å². The summed E-state index contributed by atoms with van der Waals surface area (Å²) in [6.45, 7) is 7.85. The highest BCUT2D eigenvalue weighted by Gasteiger charge is 2.52. The molecule has 3 rings (SSSR count). The molecule has 6 heteroatoms. The molecule has 0 atom stereocenters. The van der Waals surface area contributed by atoms with Crippen LogP contribution < -0.4 is 5.46 Å². The Morgan fingerprint density at radius 2 is 1.72 bits per heavy atom. The Bertz CT molecular complexity index is 882. The van der Waals surface area contributed by atoms with Crippen molar-refractivity contribution >= 4 is 29.3 Å². The van der Waals surface area contributed by atoms with E-state index in [1.165, 1.54) is 7.11 Å². The van der Waals surface area contributed by atoms with Crippen LogP contribution in [0.4, 0.5) is 0 Å². The van der Waals surface area contributed by atoms with Crippen LogP contribution in [0.25, 0.3) is 10.8 Å². The van der Waals surface area contributed by atoms with Gasteiger partial charge in [0.25, 0.3) is 0 Å². The van der Waals surface area contributed by atoms with Crippen molar-refractivity contribution in [2.75, 3.05) is 7.11 Å². The molecule has 1 aliphatic heterocycles. The molecule has 0 bridgehead atoms. The fourth-order valence-corrected chi connectivity index (χ4v) is 2.90. The Morgan fingerprint density at radius 1 is 1.12 bits per heavy atom. The molecule has 2 aromatic rings. The zero-order chi connectivity index (χ0) is 18.4. The van der Waals surface area contributed by atoms with Crippen LogP contribution in [0.5, 0.6) is 0 Å². The lowest BCUT2D eigenvalue weighted by molar-refractivity contribution is 0.00578. The van der Waals surface area contributed by atoms with E-state index in [2.05, 4.69) is 6.07 Å². The molecule has 0 aromatic heterocycles. The van der Waals surface area contributed by atoms with Crippen LogP contribution in [0.15, 0.2) is 30.3 Å². The van der Waals surface area contributed by atoms with E-state index in [0.29, 0.717) is 16.6 Å². The predicted octanol–water partition coefficient (Wildman–Crippen LogP) is 2.80. The number of nitriles is 1. The van der Waals surface area contributed by atoms with Gasteiger partial charge in [0.05, 0.1) is 35.5 Å². The van der Waals surface area contributed by atoms with E-state index in [4.69, 9.17) is 14.0 Å². The van der Waals surface area contributed by atoms with Crippen LogP contribution in [-0.2, 0) is 14.0 Å². The molecule has 1 aliphatic rings. The first-order valence-corrected chi connectivity index (χ1v) is 8.11. The van der Waals surface area contributed by atoms with Gasteiger partial charge in [0.1, 0.15) is 0 Å². The number of methoxy groups -OCH3 is 1. The van der Waals surface area contributed by atoms with Crippen LogP contribution in [0.2, 0.25) is 0 Å². The van der Waals surface area contributed by atoms with Crippen molar-refractivity contribution in [1.82, 2.24) is 0 Å². The monoisotopic (exact) mass is 337 g/mol. The van der Waals surface area contributed by atoms with Gasteiger partial charge in [-0.2, -0.15) is 5.26 Å². The molecule has 0 amide bonds. The third-order valence-corrected chi connectivity index (χ3v) is 5.09. The second kappa shape index (κ2) is 5.87. The number of benzene rings is 2. The Hall–Kier alpha value is -2.36. The third-order valence-electron chi connectivity index (χ3n) is 5.09.